The van der Waals surface area contributed by atoms with Gasteiger partial charge in [-0.2, -0.15) is 35.3 Å². The van der Waals surface area contributed by atoms with Gasteiger partial charge in [-0.05, 0) is 110 Å². The number of hydrogen-bond donors (Lipinski definition) is 0. The number of benzene rings is 2. The van der Waals surface area contributed by atoms with Gasteiger partial charge in [0.15, 0.2) is 5.12 Å². The highest BCUT2D eigenvalue weighted by atomic mass is 32.2. The Morgan fingerprint density at radius 1 is 0.673 bits per heavy atom. The number of ether oxygens (including phenoxy) is 2. The maximum atomic E-state index is 13.3. The third-order valence-corrected chi connectivity index (χ3v) is 15.1. The molecule has 5 fully saturated rings. The van der Waals surface area contributed by atoms with Gasteiger partial charge in [0, 0.05) is 65.8 Å². The molecule has 6 nitrogen and oxygen atoms in total. The maximum Gasteiger partial charge on any atom is 0.308 e. The van der Waals surface area contributed by atoms with Crippen molar-refractivity contribution in [2.75, 3.05) is 42.6 Å². The third-order valence-electron chi connectivity index (χ3n) is 11.1. The van der Waals surface area contributed by atoms with Crippen LogP contribution in [-0.2, 0) is 25.6 Å². The van der Waals surface area contributed by atoms with Gasteiger partial charge in [0.25, 0.3) is 0 Å². The van der Waals surface area contributed by atoms with Crippen LogP contribution in [-0.4, -0.2) is 70.5 Å². The van der Waals surface area contributed by atoms with Gasteiger partial charge in [-0.15, -0.1) is 0 Å². The predicted molar refractivity (Wildman–Crippen MR) is 224 cm³/mol. The van der Waals surface area contributed by atoms with E-state index >= 15 is 0 Å². The van der Waals surface area contributed by atoms with Crippen molar-refractivity contribution in [3.8, 4) is 11.5 Å². The zero-order valence-electron chi connectivity index (χ0n) is 30.0. The normalized spacial score (nSPS) is 28.5. The fourth-order valence-corrected chi connectivity index (χ4v) is 12.8. The van der Waals surface area contributed by atoms with Gasteiger partial charge in [0.2, 0.25) is 0 Å². The molecule has 52 heavy (non-hydrogen) atoms. The summed E-state index contributed by atoms with van der Waals surface area (Å²) in [6.45, 7) is 3.00. The van der Waals surface area contributed by atoms with Crippen molar-refractivity contribution in [1.29, 1.82) is 0 Å². The molecule has 5 aliphatic carbocycles. The third kappa shape index (κ3) is 10.9. The molecule has 9 atom stereocenters. The maximum absolute atomic E-state index is 13.3. The molecule has 7 rings (SSSR count). The quantitative estimate of drug-likeness (QED) is 0.125. The van der Waals surface area contributed by atoms with Crippen LogP contribution in [0.5, 0.6) is 11.5 Å². The van der Waals surface area contributed by atoms with Crippen LogP contribution in [0.3, 0.4) is 0 Å². The molecule has 5 saturated carbocycles. The average molecular weight is 789 g/mol. The molecular formula is C42H60O6S4. The van der Waals surface area contributed by atoms with Crippen LogP contribution in [0.25, 0.3) is 0 Å². The Morgan fingerprint density at radius 2 is 1.19 bits per heavy atom. The summed E-state index contributed by atoms with van der Waals surface area (Å²) in [5.74, 6) is 9.34. The van der Waals surface area contributed by atoms with Gasteiger partial charge >= 0.3 is 5.97 Å². The fourth-order valence-electron chi connectivity index (χ4n) is 9.22. The number of rotatable bonds is 11. The first-order chi connectivity index (χ1) is 24.1. The molecule has 10 heteroatoms. The monoisotopic (exact) mass is 788 g/mol. The summed E-state index contributed by atoms with van der Waals surface area (Å²) in [4.78, 5) is 47.6. The standard InChI is InChI=1S/C19H26O2S2.C16H16O3.C5H10OS2.2CH4/c1-22-4-5-23-13-8-11-7-12(13)17-16(11)18(20)14-9-2-3-10(6-9)15(14)19(17)21;1-12(17)19-16-9-5-14(6-10-16)11-13-3-7-15(18-2)8-4-13;1-5(6)8-4-3-7-2;;/h9-17H,2-8H2,1H3;3-10H,11H2,1-2H3;3-4H2,1-2H3;2*1H4. The van der Waals surface area contributed by atoms with Crippen LogP contribution >= 0.6 is 47.0 Å². The first-order valence-electron chi connectivity index (χ1n) is 17.9. The van der Waals surface area contributed by atoms with Crippen molar-refractivity contribution in [2.24, 2.45) is 47.3 Å². The highest BCUT2D eigenvalue weighted by molar-refractivity contribution is 8.14. The minimum atomic E-state index is -0.303. The molecule has 0 aliphatic heterocycles. The predicted octanol–water partition coefficient (Wildman–Crippen LogP) is 9.65. The summed E-state index contributed by atoms with van der Waals surface area (Å²) >= 11 is 7.16. The summed E-state index contributed by atoms with van der Waals surface area (Å²) in [6, 6.07) is 15.5. The van der Waals surface area contributed by atoms with Crippen molar-refractivity contribution in [1.82, 2.24) is 0 Å². The van der Waals surface area contributed by atoms with Gasteiger partial charge in [0.05, 0.1) is 7.11 Å². The van der Waals surface area contributed by atoms with Gasteiger partial charge in [0.1, 0.15) is 23.1 Å². The molecule has 2 aromatic rings. The van der Waals surface area contributed by atoms with Crippen molar-refractivity contribution in [3.63, 3.8) is 0 Å². The van der Waals surface area contributed by atoms with Crippen LogP contribution in [0.4, 0.5) is 0 Å². The van der Waals surface area contributed by atoms with E-state index in [0.717, 1.165) is 23.7 Å². The van der Waals surface area contributed by atoms with Gasteiger partial charge in [-0.1, -0.05) is 50.9 Å². The van der Waals surface area contributed by atoms with E-state index in [4.69, 9.17) is 9.47 Å². The highest BCUT2D eigenvalue weighted by Gasteiger charge is 2.67. The number of Topliss-reactive ketones (excluding diaryl/α,β-unsaturated/α-hetero) is 2. The fraction of sp³-hybridized carbons (Fsp3) is 0.619. The SMILES string of the molecule is C.C.COc1ccc(Cc2ccc(OC(C)=O)cc2)cc1.CSCCSC(C)=O.CSCCSC1CC2CC1C1C(=O)C3C4CCC(C4)C3C(=O)C21. The Morgan fingerprint density at radius 3 is 1.71 bits per heavy atom. The molecule has 0 amide bonds. The zero-order valence-corrected chi connectivity index (χ0v) is 33.2. The lowest BCUT2D eigenvalue weighted by molar-refractivity contribution is -0.151. The number of ketones is 2. The number of hydrogen-bond acceptors (Lipinski definition) is 10. The Hall–Kier alpha value is -1.88. The van der Waals surface area contributed by atoms with Crippen molar-refractivity contribution in [3.05, 3.63) is 59.7 Å². The molecule has 9 unspecified atom stereocenters. The highest BCUT2D eigenvalue weighted by Crippen LogP contribution is 2.65. The van der Waals surface area contributed by atoms with E-state index < -0.39 is 0 Å². The van der Waals surface area contributed by atoms with Crippen LogP contribution in [0.2, 0.25) is 0 Å². The van der Waals surface area contributed by atoms with Crippen LogP contribution in [0, 0.1) is 47.3 Å². The Kier molecular flexibility index (Phi) is 18.2. The lowest BCUT2D eigenvalue weighted by Gasteiger charge is -2.44. The van der Waals surface area contributed by atoms with E-state index in [1.165, 1.54) is 73.4 Å². The van der Waals surface area contributed by atoms with Gasteiger partial charge in [-0.25, -0.2) is 0 Å². The number of carbonyl (C=O) groups excluding carboxylic acids is 4. The molecule has 0 heterocycles. The Bertz CT molecular complexity index is 1460. The lowest BCUT2D eigenvalue weighted by Crippen LogP contribution is -2.53. The smallest absolute Gasteiger partial charge is 0.308 e. The molecule has 288 valence electrons. The van der Waals surface area contributed by atoms with E-state index in [1.807, 2.05) is 54.4 Å². The summed E-state index contributed by atoms with van der Waals surface area (Å²) in [5, 5.41) is 0.874. The topological polar surface area (TPSA) is 86.7 Å². The van der Waals surface area contributed by atoms with Crippen LogP contribution in [0.15, 0.2) is 48.5 Å². The molecule has 0 aromatic heterocycles. The number of methoxy groups -OCH3 is 1. The minimum Gasteiger partial charge on any atom is -0.497 e. The summed E-state index contributed by atoms with van der Waals surface area (Å²) in [5.41, 5.74) is 2.38. The first kappa shape index (κ1) is 44.5. The first-order valence-corrected chi connectivity index (χ1v) is 22.7. The molecule has 2 aromatic carbocycles. The Balaban J connectivity index is 0.000000229. The molecule has 5 aliphatic rings. The summed E-state index contributed by atoms with van der Waals surface area (Å²) < 4.78 is 10.1. The summed E-state index contributed by atoms with van der Waals surface area (Å²) in [7, 11) is 1.66. The second-order valence-corrected chi connectivity index (χ2v) is 18.7. The van der Waals surface area contributed by atoms with E-state index in [2.05, 4.69) is 18.0 Å². The molecule has 0 saturated heterocycles. The van der Waals surface area contributed by atoms with E-state index in [9.17, 15) is 19.2 Å². The van der Waals surface area contributed by atoms with Crippen molar-refractivity contribution < 1.29 is 28.7 Å². The molecule has 0 N–H and O–H groups in total. The Labute approximate surface area is 330 Å². The number of fused-ring (bicyclic) bond motifs is 10. The van der Waals surface area contributed by atoms with Crippen molar-refractivity contribution >= 4 is 69.7 Å². The van der Waals surface area contributed by atoms with Gasteiger partial charge < -0.3 is 9.47 Å². The summed E-state index contributed by atoms with van der Waals surface area (Å²) in [6.07, 6.45) is 11.0. The van der Waals surface area contributed by atoms with Crippen LogP contribution < -0.4 is 9.47 Å². The molecule has 0 radical (unpaired) electrons. The van der Waals surface area contributed by atoms with E-state index in [-0.39, 0.29) is 49.6 Å². The number of carbonyl (C=O) groups is 4. The lowest BCUT2D eigenvalue weighted by atomic mass is 9.58. The average Bonchev–Trinajstić information content (AvgIpc) is 3.90. The molecule has 0 spiro atoms. The zero-order chi connectivity index (χ0) is 35.8. The van der Waals surface area contributed by atoms with Crippen LogP contribution in [0.1, 0.15) is 71.9 Å². The van der Waals surface area contributed by atoms with Gasteiger partial charge in [-0.3, -0.25) is 19.2 Å². The number of esters is 1. The van der Waals surface area contributed by atoms with Crippen molar-refractivity contribution in [2.45, 2.75) is 72.5 Å². The minimum absolute atomic E-state index is 0. The molecule has 4 bridgehead atoms. The largest absolute Gasteiger partial charge is 0.497 e. The second kappa shape index (κ2) is 21.3. The number of thioether (sulfide) groups is 4. The van der Waals surface area contributed by atoms with E-state index in [0.29, 0.717) is 46.2 Å². The van der Waals surface area contributed by atoms with E-state index in [1.54, 1.807) is 37.9 Å². The second-order valence-electron chi connectivity index (χ2n) is 14.1. The molecular weight excluding hydrogens is 729 g/mol.